The van der Waals surface area contributed by atoms with Crippen molar-refractivity contribution < 1.29 is 9.90 Å². The lowest BCUT2D eigenvalue weighted by atomic mass is 10.1. The number of anilines is 1. The molecule has 0 saturated carbocycles. The lowest BCUT2D eigenvalue weighted by Crippen LogP contribution is -2.24. The minimum absolute atomic E-state index is 0.0157. The van der Waals surface area contributed by atoms with Crippen LogP contribution in [0.2, 0.25) is 0 Å². The van der Waals surface area contributed by atoms with Gasteiger partial charge in [0.2, 0.25) is 0 Å². The third kappa shape index (κ3) is 3.28. The van der Waals surface area contributed by atoms with Crippen LogP contribution in [0.3, 0.4) is 0 Å². The van der Waals surface area contributed by atoms with E-state index in [4.69, 9.17) is 5.11 Å². The van der Waals surface area contributed by atoms with Gasteiger partial charge >= 0.3 is 5.97 Å². The van der Waals surface area contributed by atoms with Crippen molar-refractivity contribution in [2.45, 2.75) is 6.42 Å². The molecule has 0 unspecified atom stereocenters. The normalized spacial score (nSPS) is 10.2. The van der Waals surface area contributed by atoms with E-state index in [1.54, 1.807) is 0 Å². The molecule has 0 spiro atoms. The molecule has 0 fully saturated rings. The van der Waals surface area contributed by atoms with Crippen molar-refractivity contribution in [2.24, 2.45) is 0 Å². The van der Waals surface area contributed by atoms with Gasteiger partial charge in [-0.05, 0) is 12.0 Å². The van der Waals surface area contributed by atoms with Crippen molar-refractivity contribution in [1.29, 1.82) is 0 Å². The maximum atomic E-state index is 11.1. The van der Waals surface area contributed by atoms with E-state index in [0.29, 0.717) is 12.4 Å². The van der Waals surface area contributed by atoms with Crippen LogP contribution < -0.4 is 4.90 Å². The summed E-state index contributed by atoms with van der Waals surface area (Å²) < 4.78 is 0. The molecule has 0 aliphatic rings. The van der Waals surface area contributed by atoms with E-state index in [1.807, 2.05) is 42.3 Å². The van der Waals surface area contributed by atoms with Gasteiger partial charge in [0.05, 0.1) is 0 Å². The standard InChI is InChI=1S/C14H15N3O2/c1-17(10-7-11-5-3-2-4-6-11)13-12(14(18)19)15-8-9-16-13/h2-6,8-9H,7,10H2,1H3,(H,18,19). The Morgan fingerprint density at radius 1 is 1.21 bits per heavy atom. The van der Waals surface area contributed by atoms with Gasteiger partial charge in [0, 0.05) is 26.0 Å². The molecular weight excluding hydrogens is 242 g/mol. The second-order valence-electron chi connectivity index (χ2n) is 4.19. The Morgan fingerprint density at radius 3 is 2.58 bits per heavy atom. The summed E-state index contributed by atoms with van der Waals surface area (Å²) in [6.45, 7) is 0.684. The van der Waals surface area contributed by atoms with Gasteiger partial charge in [-0.2, -0.15) is 0 Å². The SMILES string of the molecule is CN(CCc1ccccc1)c1nccnc1C(=O)O. The minimum Gasteiger partial charge on any atom is -0.476 e. The number of carboxylic acid groups (broad SMARTS) is 1. The second kappa shape index (κ2) is 5.95. The van der Waals surface area contributed by atoms with E-state index < -0.39 is 5.97 Å². The molecule has 0 bridgehead atoms. The maximum Gasteiger partial charge on any atom is 0.358 e. The molecule has 98 valence electrons. The summed E-state index contributed by atoms with van der Waals surface area (Å²) in [5.74, 6) is -0.666. The molecule has 1 aromatic heterocycles. The molecule has 19 heavy (non-hydrogen) atoms. The average molecular weight is 257 g/mol. The van der Waals surface area contributed by atoms with Gasteiger partial charge in [0.1, 0.15) is 0 Å². The number of carbonyl (C=O) groups is 1. The van der Waals surface area contributed by atoms with Crippen molar-refractivity contribution in [2.75, 3.05) is 18.5 Å². The van der Waals surface area contributed by atoms with Gasteiger partial charge in [0.15, 0.2) is 11.5 Å². The summed E-state index contributed by atoms with van der Waals surface area (Å²) in [4.78, 5) is 20.8. The maximum absolute atomic E-state index is 11.1. The first kappa shape index (κ1) is 13.0. The van der Waals surface area contributed by atoms with Crippen LogP contribution >= 0.6 is 0 Å². The predicted molar refractivity (Wildman–Crippen MR) is 72.4 cm³/mol. The average Bonchev–Trinajstić information content (AvgIpc) is 2.46. The van der Waals surface area contributed by atoms with Gasteiger partial charge in [0.25, 0.3) is 0 Å². The van der Waals surface area contributed by atoms with Gasteiger partial charge < -0.3 is 10.0 Å². The molecule has 0 radical (unpaired) electrons. The first-order valence-electron chi connectivity index (χ1n) is 5.98. The molecule has 0 atom stereocenters. The summed E-state index contributed by atoms with van der Waals surface area (Å²) in [6, 6.07) is 10.0. The molecule has 0 aliphatic heterocycles. The van der Waals surface area contributed by atoms with Crippen LogP contribution in [0.15, 0.2) is 42.7 Å². The first-order valence-corrected chi connectivity index (χ1v) is 5.98. The van der Waals surface area contributed by atoms with Gasteiger partial charge in [-0.25, -0.2) is 14.8 Å². The number of aromatic nitrogens is 2. The van der Waals surface area contributed by atoms with Crippen molar-refractivity contribution in [3.05, 3.63) is 54.0 Å². The zero-order chi connectivity index (χ0) is 13.7. The van der Waals surface area contributed by atoms with Crippen molar-refractivity contribution in [3.63, 3.8) is 0 Å². The minimum atomic E-state index is -1.06. The molecule has 1 N–H and O–H groups in total. The van der Waals surface area contributed by atoms with Crippen LogP contribution in [0, 0.1) is 0 Å². The van der Waals surface area contributed by atoms with Gasteiger partial charge in [-0.3, -0.25) is 0 Å². The Labute approximate surface area is 111 Å². The van der Waals surface area contributed by atoms with Crippen LogP contribution in [-0.4, -0.2) is 34.6 Å². The molecule has 1 heterocycles. The van der Waals surface area contributed by atoms with Crippen LogP contribution in [0.5, 0.6) is 0 Å². The molecule has 1 aromatic carbocycles. The van der Waals surface area contributed by atoms with E-state index in [0.717, 1.165) is 6.42 Å². The number of hydrogen-bond acceptors (Lipinski definition) is 4. The number of nitrogens with zero attached hydrogens (tertiary/aromatic N) is 3. The molecule has 0 saturated heterocycles. The number of benzene rings is 1. The third-order valence-corrected chi connectivity index (χ3v) is 2.82. The first-order chi connectivity index (χ1) is 9.18. The zero-order valence-electron chi connectivity index (χ0n) is 10.7. The molecule has 2 aromatic rings. The number of likely N-dealkylation sites (N-methyl/N-ethyl adjacent to an activating group) is 1. The van der Waals surface area contributed by atoms with E-state index in [-0.39, 0.29) is 5.69 Å². The number of hydrogen-bond donors (Lipinski definition) is 1. The number of aromatic carboxylic acids is 1. The highest BCUT2D eigenvalue weighted by Gasteiger charge is 2.15. The van der Waals surface area contributed by atoms with Crippen molar-refractivity contribution >= 4 is 11.8 Å². The van der Waals surface area contributed by atoms with Crippen molar-refractivity contribution in [1.82, 2.24) is 9.97 Å². The van der Waals surface area contributed by atoms with Gasteiger partial charge in [-0.1, -0.05) is 30.3 Å². The second-order valence-corrected chi connectivity index (χ2v) is 4.19. The quantitative estimate of drug-likeness (QED) is 0.885. The summed E-state index contributed by atoms with van der Waals surface area (Å²) in [5.41, 5.74) is 1.19. The molecular formula is C14H15N3O2. The lowest BCUT2D eigenvalue weighted by molar-refractivity contribution is 0.0691. The van der Waals surface area contributed by atoms with E-state index in [9.17, 15) is 4.79 Å². The lowest BCUT2D eigenvalue weighted by Gasteiger charge is -2.19. The fraction of sp³-hybridized carbons (Fsp3) is 0.214. The Morgan fingerprint density at radius 2 is 1.89 bits per heavy atom. The van der Waals surface area contributed by atoms with E-state index in [1.165, 1.54) is 18.0 Å². The van der Waals surface area contributed by atoms with Crippen LogP contribution in [0.4, 0.5) is 5.82 Å². The zero-order valence-corrected chi connectivity index (χ0v) is 10.7. The molecule has 0 aliphatic carbocycles. The molecule has 2 rings (SSSR count). The Balaban J connectivity index is 2.08. The molecule has 5 nitrogen and oxygen atoms in total. The number of carboxylic acids is 1. The fourth-order valence-corrected chi connectivity index (χ4v) is 1.81. The third-order valence-electron chi connectivity index (χ3n) is 2.82. The highest BCUT2D eigenvalue weighted by molar-refractivity contribution is 5.90. The summed E-state index contributed by atoms with van der Waals surface area (Å²) in [7, 11) is 1.82. The van der Waals surface area contributed by atoms with E-state index in [2.05, 4.69) is 9.97 Å². The number of rotatable bonds is 5. The summed E-state index contributed by atoms with van der Waals surface area (Å²) in [6.07, 6.45) is 3.71. The highest BCUT2D eigenvalue weighted by atomic mass is 16.4. The van der Waals surface area contributed by atoms with E-state index >= 15 is 0 Å². The largest absolute Gasteiger partial charge is 0.476 e. The van der Waals surface area contributed by atoms with Gasteiger partial charge in [-0.15, -0.1) is 0 Å². The Kier molecular flexibility index (Phi) is 4.07. The molecule has 5 heteroatoms. The summed E-state index contributed by atoms with van der Waals surface area (Å²) in [5, 5.41) is 9.07. The predicted octanol–water partition coefficient (Wildman–Crippen LogP) is 1.85. The summed E-state index contributed by atoms with van der Waals surface area (Å²) >= 11 is 0. The Hall–Kier alpha value is -2.43. The van der Waals surface area contributed by atoms with Crippen LogP contribution in [0.25, 0.3) is 0 Å². The monoisotopic (exact) mass is 257 g/mol. The van der Waals surface area contributed by atoms with Crippen LogP contribution in [-0.2, 0) is 6.42 Å². The van der Waals surface area contributed by atoms with Crippen molar-refractivity contribution in [3.8, 4) is 0 Å². The Bertz CT molecular complexity index is 558. The smallest absolute Gasteiger partial charge is 0.358 e. The highest BCUT2D eigenvalue weighted by Crippen LogP contribution is 2.13. The molecule has 0 amide bonds. The van der Waals surface area contributed by atoms with Crippen LogP contribution in [0.1, 0.15) is 16.1 Å². The topological polar surface area (TPSA) is 66.3 Å². The fourth-order valence-electron chi connectivity index (χ4n) is 1.81.